The van der Waals surface area contributed by atoms with Gasteiger partial charge in [-0.1, -0.05) is 26.0 Å². The number of urea groups is 1. The summed E-state index contributed by atoms with van der Waals surface area (Å²) in [6, 6.07) is 5.99. The first-order valence-corrected chi connectivity index (χ1v) is 7.85. The Labute approximate surface area is 122 Å². The molecule has 0 radical (unpaired) electrons. The number of hydrogen-bond donors (Lipinski definition) is 2. The summed E-state index contributed by atoms with van der Waals surface area (Å²) in [5.74, 6) is -0.584. The SMILES string of the molecule is CC(C)c1ccc(NS(=O)(=O)C2C=NC(=O)NC2=O)cc1. The Kier molecular flexibility index (Phi) is 4.08. The van der Waals surface area contributed by atoms with E-state index in [1.165, 1.54) is 0 Å². The summed E-state index contributed by atoms with van der Waals surface area (Å²) in [6.07, 6.45) is 0.825. The van der Waals surface area contributed by atoms with Crippen LogP contribution in [0.25, 0.3) is 0 Å². The summed E-state index contributed by atoms with van der Waals surface area (Å²) < 4.78 is 26.5. The van der Waals surface area contributed by atoms with Gasteiger partial charge >= 0.3 is 6.03 Å². The molecule has 0 saturated carbocycles. The van der Waals surface area contributed by atoms with E-state index in [2.05, 4.69) is 9.71 Å². The zero-order chi connectivity index (χ0) is 15.6. The van der Waals surface area contributed by atoms with E-state index in [9.17, 15) is 18.0 Å². The van der Waals surface area contributed by atoms with E-state index >= 15 is 0 Å². The van der Waals surface area contributed by atoms with Crippen LogP contribution < -0.4 is 10.0 Å². The molecule has 1 heterocycles. The number of benzene rings is 1. The van der Waals surface area contributed by atoms with E-state index in [-0.39, 0.29) is 0 Å². The van der Waals surface area contributed by atoms with Crippen LogP contribution in [0.3, 0.4) is 0 Å². The predicted molar refractivity (Wildman–Crippen MR) is 78.9 cm³/mol. The molecule has 1 aliphatic rings. The summed E-state index contributed by atoms with van der Waals surface area (Å²) >= 11 is 0. The third kappa shape index (κ3) is 3.46. The molecule has 2 rings (SSSR count). The molecule has 1 aromatic carbocycles. The molecule has 112 valence electrons. The van der Waals surface area contributed by atoms with Gasteiger partial charge in [0.1, 0.15) is 0 Å². The largest absolute Gasteiger partial charge is 0.347 e. The molecule has 0 spiro atoms. The molecule has 1 aliphatic heterocycles. The van der Waals surface area contributed by atoms with Gasteiger partial charge in [-0.05, 0) is 23.6 Å². The fraction of sp³-hybridized carbons (Fsp3) is 0.308. The summed E-state index contributed by atoms with van der Waals surface area (Å²) in [4.78, 5) is 25.7. The van der Waals surface area contributed by atoms with Crippen LogP contribution >= 0.6 is 0 Å². The van der Waals surface area contributed by atoms with Gasteiger partial charge in [-0.25, -0.2) is 18.2 Å². The summed E-state index contributed by atoms with van der Waals surface area (Å²) in [6.45, 7) is 4.05. The van der Waals surface area contributed by atoms with Crippen molar-refractivity contribution in [3.8, 4) is 0 Å². The minimum absolute atomic E-state index is 0.331. The van der Waals surface area contributed by atoms with Crippen molar-refractivity contribution < 1.29 is 18.0 Å². The molecule has 0 aromatic heterocycles. The molecule has 0 fully saturated rings. The molecule has 0 saturated heterocycles. The first kappa shape index (κ1) is 15.2. The third-order valence-corrected chi connectivity index (χ3v) is 4.51. The zero-order valence-electron chi connectivity index (χ0n) is 11.5. The minimum atomic E-state index is -4.01. The van der Waals surface area contributed by atoms with E-state index in [1.807, 2.05) is 19.2 Å². The Morgan fingerprint density at radius 1 is 1.19 bits per heavy atom. The van der Waals surface area contributed by atoms with Crippen LogP contribution in [0.4, 0.5) is 10.5 Å². The lowest BCUT2D eigenvalue weighted by Gasteiger charge is -2.17. The quantitative estimate of drug-likeness (QED) is 0.873. The molecule has 1 unspecified atom stereocenters. The number of amides is 3. The number of nitrogens with zero attached hydrogens (tertiary/aromatic N) is 1. The lowest BCUT2D eigenvalue weighted by molar-refractivity contribution is -0.118. The van der Waals surface area contributed by atoms with Crippen molar-refractivity contribution in [1.29, 1.82) is 0 Å². The summed E-state index contributed by atoms with van der Waals surface area (Å²) in [5.41, 5.74) is 1.41. The molecule has 2 N–H and O–H groups in total. The molecule has 8 heteroatoms. The second-order valence-electron chi connectivity index (χ2n) is 4.92. The van der Waals surface area contributed by atoms with Gasteiger partial charge in [-0.2, -0.15) is 0 Å². The molecule has 3 amide bonds. The fourth-order valence-corrected chi connectivity index (χ4v) is 2.95. The lowest BCUT2D eigenvalue weighted by Crippen LogP contribution is -2.48. The van der Waals surface area contributed by atoms with Gasteiger partial charge < -0.3 is 0 Å². The highest BCUT2D eigenvalue weighted by Gasteiger charge is 2.35. The molecule has 0 bridgehead atoms. The summed E-state index contributed by atoms with van der Waals surface area (Å²) in [5, 5.41) is 0.323. The fourth-order valence-electron chi connectivity index (χ4n) is 1.80. The minimum Gasteiger partial charge on any atom is -0.283 e. The maximum Gasteiger partial charge on any atom is 0.347 e. The second-order valence-corrected chi connectivity index (χ2v) is 6.72. The Balaban J connectivity index is 2.19. The molecule has 7 nitrogen and oxygen atoms in total. The van der Waals surface area contributed by atoms with Crippen molar-refractivity contribution >= 4 is 33.9 Å². The smallest absolute Gasteiger partial charge is 0.283 e. The average Bonchev–Trinajstić information content (AvgIpc) is 2.38. The van der Waals surface area contributed by atoms with E-state index in [0.29, 0.717) is 11.6 Å². The van der Waals surface area contributed by atoms with Crippen LogP contribution in [0.1, 0.15) is 25.3 Å². The van der Waals surface area contributed by atoms with Crippen molar-refractivity contribution in [2.45, 2.75) is 25.0 Å². The maximum absolute atomic E-state index is 12.1. The van der Waals surface area contributed by atoms with Gasteiger partial charge in [0.2, 0.25) is 10.0 Å². The van der Waals surface area contributed by atoms with E-state index in [4.69, 9.17) is 0 Å². The number of nitrogens with one attached hydrogen (secondary N) is 2. The van der Waals surface area contributed by atoms with Gasteiger partial charge in [0.25, 0.3) is 5.91 Å². The van der Waals surface area contributed by atoms with Crippen LogP contribution in [0, 0.1) is 0 Å². The number of anilines is 1. The first-order valence-electron chi connectivity index (χ1n) is 6.30. The number of hydrogen-bond acceptors (Lipinski definition) is 4. The highest BCUT2D eigenvalue weighted by Crippen LogP contribution is 2.19. The topological polar surface area (TPSA) is 105 Å². The Morgan fingerprint density at radius 3 is 2.33 bits per heavy atom. The Morgan fingerprint density at radius 2 is 1.81 bits per heavy atom. The van der Waals surface area contributed by atoms with Crippen molar-refractivity contribution in [2.24, 2.45) is 4.99 Å². The lowest BCUT2D eigenvalue weighted by atomic mass is 10.0. The highest BCUT2D eigenvalue weighted by molar-refractivity contribution is 7.94. The number of rotatable bonds is 4. The molecule has 21 heavy (non-hydrogen) atoms. The van der Waals surface area contributed by atoms with Gasteiger partial charge in [0.05, 0.1) is 0 Å². The Hall–Kier alpha value is -2.22. The zero-order valence-corrected chi connectivity index (χ0v) is 12.3. The average molecular weight is 309 g/mol. The normalized spacial score (nSPS) is 18.7. The van der Waals surface area contributed by atoms with Crippen LogP contribution in [-0.4, -0.2) is 31.8 Å². The Bertz CT molecular complexity index is 693. The van der Waals surface area contributed by atoms with Gasteiger partial charge in [-0.3, -0.25) is 14.8 Å². The number of aliphatic imine (C=N–C) groups is 1. The number of imide groups is 1. The van der Waals surface area contributed by atoms with Crippen molar-refractivity contribution in [2.75, 3.05) is 4.72 Å². The maximum atomic E-state index is 12.1. The highest BCUT2D eigenvalue weighted by atomic mass is 32.2. The molecular formula is C13H15N3O4S. The summed E-state index contributed by atoms with van der Waals surface area (Å²) in [7, 11) is -4.01. The van der Waals surface area contributed by atoms with Gasteiger partial charge in [0.15, 0.2) is 5.25 Å². The van der Waals surface area contributed by atoms with Crippen LogP contribution in [0.2, 0.25) is 0 Å². The van der Waals surface area contributed by atoms with Crippen LogP contribution in [0.15, 0.2) is 29.3 Å². The second kappa shape index (κ2) is 5.65. The number of carbonyl (C=O) groups is 2. The molecule has 1 aromatic rings. The van der Waals surface area contributed by atoms with E-state index < -0.39 is 27.2 Å². The van der Waals surface area contributed by atoms with Crippen molar-refractivity contribution in [1.82, 2.24) is 5.32 Å². The monoisotopic (exact) mass is 309 g/mol. The van der Waals surface area contributed by atoms with Crippen molar-refractivity contribution in [3.05, 3.63) is 29.8 Å². The van der Waals surface area contributed by atoms with Crippen molar-refractivity contribution in [3.63, 3.8) is 0 Å². The van der Waals surface area contributed by atoms with E-state index in [0.717, 1.165) is 11.8 Å². The number of sulfonamides is 1. The van der Waals surface area contributed by atoms with Gasteiger partial charge in [0, 0.05) is 11.9 Å². The number of carbonyl (C=O) groups excluding carboxylic acids is 2. The third-order valence-electron chi connectivity index (χ3n) is 2.99. The predicted octanol–water partition coefficient (Wildman–Crippen LogP) is 1.24. The van der Waals surface area contributed by atoms with E-state index in [1.54, 1.807) is 24.3 Å². The molecule has 1 atom stereocenters. The van der Waals surface area contributed by atoms with Gasteiger partial charge in [-0.15, -0.1) is 0 Å². The first-order chi connectivity index (χ1) is 9.79. The standard InChI is InChI=1S/C13H15N3O4S/c1-8(2)9-3-5-10(6-4-9)16-21(19,20)11-7-14-13(18)15-12(11)17/h3-8,11,16H,1-2H3,(H,15,17,18). The molecule has 0 aliphatic carbocycles. The van der Waals surface area contributed by atoms with Crippen LogP contribution in [-0.2, 0) is 14.8 Å². The molecular weight excluding hydrogens is 294 g/mol. The van der Waals surface area contributed by atoms with Crippen LogP contribution in [0.5, 0.6) is 0 Å².